The normalized spacial score (nSPS) is 16.1. The molecule has 38 heavy (non-hydrogen) atoms. The Morgan fingerprint density at radius 2 is 2.05 bits per heavy atom. The molecule has 3 rings (SSSR count). The molecule has 2 aromatic rings. The molecule has 0 bridgehead atoms. The number of imide groups is 1. The third kappa shape index (κ3) is 6.43. The molecular weight excluding hydrogens is 518 g/mol. The van der Waals surface area contributed by atoms with Crippen LogP contribution in [0.4, 0.5) is 10.5 Å². The first-order chi connectivity index (χ1) is 18.0. The van der Waals surface area contributed by atoms with E-state index in [1.165, 1.54) is 12.1 Å². The number of carbonyl (C=O) groups is 4. The van der Waals surface area contributed by atoms with Gasteiger partial charge in [0, 0.05) is 17.6 Å². The molecule has 12 nitrogen and oxygen atoms in total. The minimum absolute atomic E-state index is 0.0492. The number of hydrogen-bond donors (Lipinski definition) is 3. The van der Waals surface area contributed by atoms with Crippen molar-refractivity contribution in [1.82, 2.24) is 15.5 Å². The monoisotopic (exact) mass is 541 g/mol. The number of carboxylic acids is 1. The molecule has 0 saturated carbocycles. The van der Waals surface area contributed by atoms with Crippen molar-refractivity contribution in [3.05, 3.63) is 73.8 Å². The van der Waals surface area contributed by atoms with E-state index < -0.39 is 58.5 Å². The molecule has 1 aliphatic rings. The molecule has 0 aliphatic carbocycles. The van der Waals surface area contributed by atoms with E-state index in [2.05, 4.69) is 10.6 Å². The van der Waals surface area contributed by atoms with Crippen molar-refractivity contribution in [3.63, 3.8) is 0 Å². The minimum atomic E-state index is -1.47. The van der Waals surface area contributed by atoms with Gasteiger partial charge in [0.25, 0.3) is 5.69 Å². The molecule has 3 N–H and O–H groups in total. The molecule has 2 atom stereocenters. The lowest BCUT2D eigenvalue weighted by molar-refractivity contribution is -0.385. The largest absolute Gasteiger partial charge is 0.477 e. The standard InChI is InChI=1S/C25H24ClN5O7/c1-2-3-20(14-5-7-19(24(34)35)21(10-14)31(37)38)29-25(36)30-13-22(32)28-12-17(23(30)33)8-16-9-18(26)6-4-15(16)11-27/h4-7,9-10,17,20H,2-3,8,12-13H2,1H3,(H,28,32)(H,29,36)(H,34,35)/t17-,20-/m1/s1. The summed E-state index contributed by atoms with van der Waals surface area (Å²) >= 11 is 6.05. The zero-order valence-electron chi connectivity index (χ0n) is 20.3. The molecule has 2 aromatic carbocycles. The maximum Gasteiger partial charge on any atom is 0.342 e. The summed E-state index contributed by atoms with van der Waals surface area (Å²) in [5, 5.41) is 35.7. The summed E-state index contributed by atoms with van der Waals surface area (Å²) in [5.41, 5.74) is -0.0590. The molecule has 13 heteroatoms. The Morgan fingerprint density at radius 3 is 2.68 bits per heavy atom. The predicted octanol–water partition coefficient (Wildman–Crippen LogP) is 3.19. The van der Waals surface area contributed by atoms with Gasteiger partial charge in [0.1, 0.15) is 12.1 Å². The Labute approximate surface area is 222 Å². The van der Waals surface area contributed by atoms with Crippen LogP contribution in [0.1, 0.15) is 52.9 Å². The second kappa shape index (κ2) is 12.2. The number of halogens is 1. The summed E-state index contributed by atoms with van der Waals surface area (Å²) in [6, 6.07) is 8.49. The summed E-state index contributed by atoms with van der Waals surface area (Å²) in [6.45, 7) is 1.22. The van der Waals surface area contributed by atoms with Crippen molar-refractivity contribution < 1.29 is 29.2 Å². The van der Waals surface area contributed by atoms with E-state index in [0.29, 0.717) is 29.0 Å². The summed E-state index contributed by atoms with van der Waals surface area (Å²) < 4.78 is 0. The van der Waals surface area contributed by atoms with Gasteiger partial charge < -0.3 is 15.7 Å². The second-order valence-electron chi connectivity index (χ2n) is 8.67. The van der Waals surface area contributed by atoms with E-state index in [1.54, 1.807) is 12.1 Å². The van der Waals surface area contributed by atoms with Crippen LogP contribution in [0.3, 0.4) is 0 Å². The van der Waals surface area contributed by atoms with E-state index in [4.69, 9.17) is 11.6 Å². The van der Waals surface area contributed by atoms with Gasteiger partial charge in [-0.3, -0.25) is 24.6 Å². The van der Waals surface area contributed by atoms with E-state index in [-0.39, 0.29) is 18.5 Å². The summed E-state index contributed by atoms with van der Waals surface area (Å²) in [6.07, 6.45) is 0.913. The number of nitrogens with one attached hydrogen (secondary N) is 2. The highest BCUT2D eigenvalue weighted by Crippen LogP contribution is 2.27. The Bertz CT molecular complexity index is 1340. The number of rotatable bonds is 8. The molecule has 4 amide bonds. The quantitative estimate of drug-likeness (QED) is 0.336. The number of nitro groups is 1. The smallest absolute Gasteiger partial charge is 0.342 e. The number of nitro benzene ring substituents is 1. The lowest BCUT2D eigenvalue weighted by Gasteiger charge is -2.26. The molecule has 198 valence electrons. The average molecular weight is 542 g/mol. The van der Waals surface area contributed by atoms with Gasteiger partial charge in [-0.1, -0.05) is 31.0 Å². The zero-order chi connectivity index (χ0) is 28.0. The maximum atomic E-state index is 13.4. The number of aromatic carboxylic acids is 1. The number of nitrogens with zero attached hydrogens (tertiary/aromatic N) is 3. The van der Waals surface area contributed by atoms with E-state index in [9.17, 15) is 39.7 Å². The number of benzene rings is 2. The average Bonchev–Trinajstić information content (AvgIpc) is 3.01. The van der Waals surface area contributed by atoms with Gasteiger partial charge in [-0.2, -0.15) is 5.26 Å². The second-order valence-corrected chi connectivity index (χ2v) is 9.11. The van der Waals surface area contributed by atoms with Crippen molar-refractivity contribution in [1.29, 1.82) is 5.26 Å². The Hall–Kier alpha value is -4.50. The first kappa shape index (κ1) is 28.1. The highest BCUT2D eigenvalue weighted by Gasteiger charge is 2.35. The SMILES string of the molecule is CCC[C@@H](NC(=O)N1CC(=O)NC[C@@H](Cc2cc(Cl)ccc2C#N)C1=O)c1ccc(C(=O)O)c([N+](=O)[O-])c1. The van der Waals surface area contributed by atoms with Crippen LogP contribution in [0.5, 0.6) is 0 Å². The lowest BCUT2D eigenvalue weighted by atomic mass is 9.95. The van der Waals surface area contributed by atoms with Crippen molar-refractivity contribution in [3.8, 4) is 6.07 Å². The number of hydrogen-bond acceptors (Lipinski definition) is 7. The van der Waals surface area contributed by atoms with Crippen molar-refractivity contribution in [2.75, 3.05) is 13.1 Å². The van der Waals surface area contributed by atoms with Crippen LogP contribution >= 0.6 is 11.6 Å². The van der Waals surface area contributed by atoms with Gasteiger partial charge in [-0.15, -0.1) is 0 Å². The summed E-state index contributed by atoms with van der Waals surface area (Å²) in [5.74, 6) is -3.53. The highest BCUT2D eigenvalue weighted by molar-refractivity contribution is 6.30. The molecule has 0 spiro atoms. The van der Waals surface area contributed by atoms with Crippen LogP contribution in [0.2, 0.25) is 5.02 Å². The van der Waals surface area contributed by atoms with Crippen LogP contribution in [-0.4, -0.2) is 51.8 Å². The summed E-state index contributed by atoms with van der Waals surface area (Å²) in [7, 11) is 0. The van der Waals surface area contributed by atoms with Crippen LogP contribution in [0, 0.1) is 27.4 Å². The number of nitriles is 1. The van der Waals surface area contributed by atoms with Gasteiger partial charge in [0.05, 0.1) is 28.5 Å². The fraction of sp³-hybridized carbons (Fsp3) is 0.320. The molecule has 1 heterocycles. The minimum Gasteiger partial charge on any atom is -0.477 e. The first-order valence-corrected chi connectivity index (χ1v) is 12.0. The molecule has 0 unspecified atom stereocenters. The van der Waals surface area contributed by atoms with Crippen LogP contribution in [0.25, 0.3) is 0 Å². The number of carboxylic acid groups (broad SMARTS) is 1. The Balaban J connectivity index is 1.88. The van der Waals surface area contributed by atoms with E-state index in [0.717, 1.165) is 17.0 Å². The van der Waals surface area contributed by atoms with E-state index in [1.807, 2.05) is 13.0 Å². The van der Waals surface area contributed by atoms with Crippen molar-refractivity contribution in [2.24, 2.45) is 5.92 Å². The lowest BCUT2D eigenvalue weighted by Crippen LogP contribution is -2.48. The van der Waals surface area contributed by atoms with Gasteiger partial charge in [-0.25, -0.2) is 9.59 Å². The van der Waals surface area contributed by atoms with Crippen LogP contribution in [0.15, 0.2) is 36.4 Å². The maximum absolute atomic E-state index is 13.4. The predicted molar refractivity (Wildman–Crippen MR) is 134 cm³/mol. The molecule has 0 radical (unpaired) electrons. The fourth-order valence-corrected chi connectivity index (χ4v) is 4.39. The fourth-order valence-electron chi connectivity index (χ4n) is 4.19. The van der Waals surface area contributed by atoms with Gasteiger partial charge >= 0.3 is 12.0 Å². The number of carbonyl (C=O) groups excluding carboxylic acids is 3. The highest BCUT2D eigenvalue weighted by atomic mass is 35.5. The van der Waals surface area contributed by atoms with Gasteiger partial charge in [0.15, 0.2) is 0 Å². The van der Waals surface area contributed by atoms with Gasteiger partial charge in [0.2, 0.25) is 11.8 Å². The third-order valence-corrected chi connectivity index (χ3v) is 6.32. The molecule has 0 aromatic heterocycles. The number of amides is 4. The van der Waals surface area contributed by atoms with Gasteiger partial charge in [-0.05, 0) is 48.2 Å². The van der Waals surface area contributed by atoms with E-state index >= 15 is 0 Å². The molecule has 1 aliphatic heterocycles. The first-order valence-electron chi connectivity index (χ1n) is 11.6. The summed E-state index contributed by atoms with van der Waals surface area (Å²) in [4.78, 5) is 61.7. The topological polar surface area (TPSA) is 183 Å². The zero-order valence-corrected chi connectivity index (χ0v) is 21.0. The molecule has 1 saturated heterocycles. The Kier molecular flexibility index (Phi) is 8.98. The van der Waals surface area contributed by atoms with Crippen molar-refractivity contribution in [2.45, 2.75) is 32.2 Å². The van der Waals surface area contributed by atoms with Crippen LogP contribution in [-0.2, 0) is 16.0 Å². The molecule has 1 fully saturated rings. The van der Waals surface area contributed by atoms with Crippen molar-refractivity contribution >= 4 is 41.1 Å². The van der Waals surface area contributed by atoms with Crippen LogP contribution < -0.4 is 10.6 Å². The number of urea groups is 1. The third-order valence-electron chi connectivity index (χ3n) is 6.09. The molecular formula is C25H24ClN5O7. The Morgan fingerprint density at radius 1 is 1.32 bits per heavy atom.